The Kier molecular flexibility index (Phi) is 4.16. The summed E-state index contributed by atoms with van der Waals surface area (Å²) in [6, 6.07) is 7.12. The van der Waals surface area contributed by atoms with Gasteiger partial charge in [-0.05, 0) is 23.5 Å². The third-order valence-electron chi connectivity index (χ3n) is 3.25. The highest BCUT2D eigenvalue weighted by atomic mass is 16.1. The molecule has 94 valence electrons. The number of nitrogens with two attached hydrogens (primary N) is 1. The molecular weight excluding hydrogens is 212 g/mol. The molecule has 0 aliphatic rings. The van der Waals surface area contributed by atoms with Crippen molar-refractivity contribution in [3.63, 3.8) is 0 Å². The summed E-state index contributed by atoms with van der Waals surface area (Å²) in [6.45, 7) is 9.30. The minimum atomic E-state index is -0.0980. The van der Waals surface area contributed by atoms with E-state index in [2.05, 4.69) is 33.0 Å². The predicted molar refractivity (Wildman–Crippen MR) is 71.8 cm³/mol. The molecule has 0 radical (unpaired) electrons. The number of rotatable bonds is 3. The molecule has 1 aromatic carbocycles. The molecule has 3 heteroatoms. The normalized spacial score (nSPS) is 13.2. The molecule has 0 fully saturated rings. The van der Waals surface area contributed by atoms with Crippen molar-refractivity contribution in [3.05, 3.63) is 29.8 Å². The van der Waals surface area contributed by atoms with Gasteiger partial charge in [0, 0.05) is 12.2 Å². The number of hydrogen-bond acceptors (Lipinski definition) is 2. The van der Waals surface area contributed by atoms with Crippen LogP contribution in [0.5, 0.6) is 0 Å². The second kappa shape index (κ2) is 5.21. The van der Waals surface area contributed by atoms with Crippen molar-refractivity contribution in [2.75, 3.05) is 12.3 Å². The maximum atomic E-state index is 11.9. The molecule has 0 saturated heterocycles. The van der Waals surface area contributed by atoms with Gasteiger partial charge in [0.2, 0.25) is 0 Å². The second-order valence-corrected chi connectivity index (χ2v) is 5.56. The van der Waals surface area contributed by atoms with Gasteiger partial charge in [-0.15, -0.1) is 0 Å². The highest BCUT2D eigenvalue weighted by Gasteiger charge is 2.20. The van der Waals surface area contributed by atoms with E-state index in [1.807, 2.05) is 12.1 Å². The van der Waals surface area contributed by atoms with Crippen LogP contribution in [0.15, 0.2) is 24.3 Å². The summed E-state index contributed by atoms with van der Waals surface area (Å²) < 4.78 is 0. The van der Waals surface area contributed by atoms with Gasteiger partial charge in [-0.25, -0.2) is 0 Å². The molecular formula is C14H22N2O. The minimum absolute atomic E-state index is 0.0980. The average Bonchev–Trinajstić information content (AvgIpc) is 2.24. The van der Waals surface area contributed by atoms with Gasteiger partial charge in [0.25, 0.3) is 5.91 Å². The van der Waals surface area contributed by atoms with Crippen LogP contribution < -0.4 is 11.1 Å². The van der Waals surface area contributed by atoms with Crippen molar-refractivity contribution in [2.24, 2.45) is 11.3 Å². The van der Waals surface area contributed by atoms with E-state index in [0.29, 0.717) is 23.7 Å². The molecule has 0 spiro atoms. The van der Waals surface area contributed by atoms with E-state index in [0.717, 1.165) is 0 Å². The molecule has 0 aliphatic carbocycles. The Morgan fingerprint density at radius 3 is 2.47 bits per heavy atom. The summed E-state index contributed by atoms with van der Waals surface area (Å²) in [5.41, 5.74) is 7.01. The van der Waals surface area contributed by atoms with Crippen molar-refractivity contribution in [1.82, 2.24) is 5.32 Å². The van der Waals surface area contributed by atoms with Gasteiger partial charge >= 0.3 is 0 Å². The summed E-state index contributed by atoms with van der Waals surface area (Å²) in [5.74, 6) is 0.315. The Balaban J connectivity index is 2.60. The molecule has 3 nitrogen and oxygen atoms in total. The largest absolute Gasteiger partial charge is 0.398 e. The monoisotopic (exact) mass is 234 g/mol. The summed E-state index contributed by atoms with van der Waals surface area (Å²) >= 11 is 0. The molecule has 0 heterocycles. The van der Waals surface area contributed by atoms with E-state index >= 15 is 0 Å². The van der Waals surface area contributed by atoms with Crippen molar-refractivity contribution in [1.29, 1.82) is 0 Å². The lowest BCUT2D eigenvalue weighted by atomic mass is 9.82. The van der Waals surface area contributed by atoms with E-state index < -0.39 is 0 Å². The zero-order chi connectivity index (χ0) is 13.1. The fourth-order valence-electron chi connectivity index (χ4n) is 1.35. The standard InChI is InChI=1S/C14H22N2O/c1-10(14(2,3)4)9-16-13(17)11-7-5-6-8-12(11)15/h5-8,10H,9,15H2,1-4H3,(H,16,17). The lowest BCUT2D eigenvalue weighted by Gasteiger charge is -2.27. The maximum Gasteiger partial charge on any atom is 0.253 e. The van der Waals surface area contributed by atoms with E-state index in [4.69, 9.17) is 5.73 Å². The first-order valence-electron chi connectivity index (χ1n) is 5.95. The minimum Gasteiger partial charge on any atom is -0.398 e. The molecule has 1 unspecified atom stereocenters. The number of nitrogen functional groups attached to an aromatic ring is 1. The van der Waals surface area contributed by atoms with Crippen LogP contribution >= 0.6 is 0 Å². The molecule has 1 rings (SSSR count). The van der Waals surface area contributed by atoms with Gasteiger partial charge in [-0.2, -0.15) is 0 Å². The number of carbonyl (C=O) groups excluding carboxylic acids is 1. The summed E-state index contributed by atoms with van der Waals surface area (Å²) in [7, 11) is 0. The van der Waals surface area contributed by atoms with Crippen LogP contribution in [0.2, 0.25) is 0 Å². The quantitative estimate of drug-likeness (QED) is 0.790. The van der Waals surface area contributed by atoms with Gasteiger partial charge in [0.15, 0.2) is 0 Å². The fraction of sp³-hybridized carbons (Fsp3) is 0.500. The SMILES string of the molecule is CC(CNC(=O)c1ccccc1N)C(C)(C)C. The Labute approximate surface area is 103 Å². The van der Waals surface area contributed by atoms with Crippen LogP contribution in [0.4, 0.5) is 5.69 Å². The predicted octanol–water partition coefficient (Wildman–Crippen LogP) is 2.68. The molecule has 0 aromatic heterocycles. The van der Waals surface area contributed by atoms with Crippen LogP contribution in [-0.2, 0) is 0 Å². The van der Waals surface area contributed by atoms with Crippen molar-refractivity contribution >= 4 is 11.6 Å². The van der Waals surface area contributed by atoms with E-state index in [1.165, 1.54) is 0 Å². The van der Waals surface area contributed by atoms with Gasteiger partial charge in [-0.3, -0.25) is 4.79 Å². The Hall–Kier alpha value is -1.51. The molecule has 0 saturated carbocycles. The van der Waals surface area contributed by atoms with Gasteiger partial charge in [0.05, 0.1) is 5.56 Å². The lowest BCUT2D eigenvalue weighted by molar-refractivity contribution is 0.0938. The van der Waals surface area contributed by atoms with Crippen molar-refractivity contribution in [3.8, 4) is 0 Å². The summed E-state index contributed by atoms with van der Waals surface area (Å²) in [4.78, 5) is 11.9. The summed E-state index contributed by atoms with van der Waals surface area (Å²) in [6.07, 6.45) is 0. The number of hydrogen-bond donors (Lipinski definition) is 2. The maximum absolute atomic E-state index is 11.9. The summed E-state index contributed by atoms with van der Waals surface area (Å²) in [5, 5.41) is 2.93. The molecule has 1 aromatic rings. The molecule has 17 heavy (non-hydrogen) atoms. The Morgan fingerprint density at radius 2 is 1.94 bits per heavy atom. The fourth-order valence-corrected chi connectivity index (χ4v) is 1.35. The van der Waals surface area contributed by atoms with E-state index in [1.54, 1.807) is 12.1 Å². The topological polar surface area (TPSA) is 55.1 Å². The Bertz CT molecular complexity index is 393. The zero-order valence-corrected chi connectivity index (χ0v) is 11.1. The molecule has 0 bridgehead atoms. The second-order valence-electron chi connectivity index (χ2n) is 5.56. The van der Waals surface area contributed by atoms with Crippen molar-refractivity contribution in [2.45, 2.75) is 27.7 Å². The first kappa shape index (κ1) is 13.6. The number of benzene rings is 1. The third-order valence-corrected chi connectivity index (χ3v) is 3.25. The molecule has 3 N–H and O–H groups in total. The first-order valence-corrected chi connectivity index (χ1v) is 5.95. The van der Waals surface area contributed by atoms with Crippen LogP contribution in [0.3, 0.4) is 0 Å². The Morgan fingerprint density at radius 1 is 1.35 bits per heavy atom. The number of para-hydroxylation sites is 1. The van der Waals surface area contributed by atoms with Crippen LogP contribution in [0, 0.1) is 11.3 Å². The van der Waals surface area contributed by atoms with Crippen molar-refractivity contribution < 1.29 is 4.79 Å². The molecule has 1 atom stereocenters. The lowest BCUT2D eigenvalue weighted by Crippen LogP contribution is -2.33. The molecule has 0 aliphatic heterocycles. The number of anilines is 1. The smallest absolute Gasteiger partial charge is 0.253 e. The number of amides is 1. The van der Waals surface area contributed by atoms with Crippen LogP contribution in [0.1, 0.15) is 38.1 Å². The number of nitrogens with one attached hydrogen (secondary N) is 1. The highest BCUT2D eigenvalue weighted by molar-refractivity contribution is 5.99. The highest BCUT2D eigenvalue weighted by Crippen LogP contribution is 2.24. The van der Waals surface area contributed by atoms with Crippen LogP contribution in [0.25, 0.3) is 0 Å². The zero-order valence-electron chi connectivity index (χ0n) is 11.1. The molecule has 1 amide bonds. The van der Waals surface area contributed by atoms with Gasteiger partial charge in [-0.1, -0.05) is 39.8 Å². The average molecular weight is 234 g/mol. The first-order chi connectivity index (χ1) is 7.82. The number of carbonyl (C=O) groups is 1. The van der Waals surface area contributed by atoms with Crippen LogP contribution in [-0.4, -0.2) is 12.5 Å². The van der Waals surface area contributed by atoms with E-state index in [-0.39, 0.29) is 11.3 Å². The van der Waals surface area contributed by atoms with Gasteiger partial charge in [0.1, 0.15) is 0 Å². The van der Waals surface area contributed by atoms with Gasteiger partial charge < -0.3 is 11.1 Å². The third kappa shape index (κ3) is 3.77. The van der Waals surface area contributed by atoms with E-state index in [9.17, 15) is 4.79 Å².